The number of thiophene rings is 1. The molecule has 0 spiro atoms. The number of nitrogens with one attached hydrogen (secondary N) is 1. The Bertz CT molecular complexity index is 1930. The SMILES string of the molecule is O=C(/C=C/c1cc(F)cc2c3c(n(Cc4ccc(-c5ccccc5)cc4)c12)CCCC3)NS(=O)(=O)c1cc(Cl)c(Cl)s1. The maximum atomic E-state index is 14.9. The fourth-order valence-electron chi connectivity index (χ4n) is 5.52. The molecule has 1 N–H and O–H groups in total. The van der Waals surface area contributed by atoms with Crippen LogP contribution in [0.4, 0.5) is 4.39 Å². The summed E-state index contributed by atoms with van der Waals surface area (Å²) in [6.07, 6.45) is 6.36. The van der Waals surface area contributed by atoms with E-state index in [4.69, 9.17) is 23.2 Å². The first-order valence-corrected chi connectivity index (χ1v) is 16.4. The fraction of sp³-hybridized carbons (Fsp3) is 0.156. The molecule has 10 heteroatoms. The summed E-state index contributed by atoms with van der Waals surface area (Å²) >= 11 is 12.5. The van der Waals surface area contributed by atoms with Crippen LogP contribution in [-0.2, 0) is 34.2 Å². The molecule has 1 amide bonds. The number of rotatable bonds is 7. The molecule has 214 valence electrons. The lowest BCUT2D eigenvalue weighted by atomic mass is 9.95. The lowest BCUT2D eigenvalue weighted by molar-refractivity contribution is -0.114. The molecule has 2 heterocycles. The fourth-order valence-corrected chi connectivity index (χ4v) is 8.35. The largest absolute Gasteiger partial charge is 0.339 e. The zero-order chi connectivity index (χ0) is 29.4. The van der Waals surface area contributed by atoms with Crippen molar-refractivity contribution in [2.75, 3.05) is 0 Å². The third-order valence-electron chi connectivity index (χ3n) is 7.40. The van der Waals surface area contributed by atoms with Crippen molar-refractivity contribution in [2.45, 2.75) is 36.4 Å². The summed E-state index contributed by atoms with van der Waals surface area (Å²) < 4.78 is 44.4. The topological polar surface area (TPSA) is 68.2 Å². The number of carbonyl (C=O) groups excluding carboxylic acids is 1. The molecule has 2 aromatic heterocycles. The van der Waals surface area contributed by atoms with E-state index in [1.54, 1.807) is 6.07 Å². The van der Waals surface area contributed by atoms with Gasteiger partial charge in [-0.1, -0.05) is 77.8 Å². The molecule has 0 saturated carbocycles. The molecule has 0 unspecified atom stereocenters. The van der Waals surface area contributed by atoms with E-state index in [-0.39, 0.29) is 13.6 Å². The van der Waals surface area contributed by atoms with Crippen LogP contribution in [-0.4, -0.2) is 18.9 Å². The van der Waals surface area contributed by atoms with Crippen molar-refractivity contribution in [3.63, 3.8) is 0 Å². The number of aromatic nitrogens is 1. The lowest BCUT2D eigenvalue weighted by Gasteiger charge is -2.17. The van der Waals surface area contributed by atoms with Crippen molar-refractivity contribution in [3.8, 4) is 11.1 Å². The predicted molar refractivity (Wildman–Crippen MR) is 168 cm³/mol. The van der Waals surface area contributed by atoms with Crippen molar-refractivity contribution >= 4 is 67.4 Å². The predicted octanol–water partition coefficient (Wildman–Crippen LogP) is 8.26. The van der Waals surface area contributed by atoms with Gasteiger partial charge in [0.1, 0.15) is 14.4 Å². The summed E-state index contributed by atoms with van der Waals surface area (Å²) in [4.78, 5) is 12.7. The maximum absolute atomic E-state index is 14.9. The van der Waals surface area contributed by atoms with Crippen molar-refractivity contribution in [1.29, 1.82) is 0 Å². The maximum Gasteiger partial charge on any atom is 0.273 e. The van der Waals surface area contributed by atoms with Gasteiger partial charge in [-0.25, -0.2) is 17.5 Å². The average Bonchev–Trinajstić information content (AvgIpc) is 3.49. The number of hydrogen-bond donors (Lipinski definition) is 1. The molecule has 1 aliphatic carbocycles. The van der Waals surface area contributed by atoms with Gasteiger partial charge in [-0.15, -0.1) is 11.3 Å². The minimum absolute atomic E-state index is 0.0895. The molecular weight excluding hydrogens is 614 g/mol. The Morgan fingerprint density at radius 3 is 2.40 bits per heavy atom. The van der Waals surface area contributed by atoms with Crippen LogP contribution in [0.1, 0.15) is 35.2 Å². The highest BCUT2D eigenvalue weighted by atomic mass is 35.5. The summed E-state index contributed by atoms with van der Waals surface area (Å²) in [6, 6.07) is 22.7. The van der Waals surface area contributed by atoms with E-state index in [1.807, 2.05) is 22.9 Å². The molecule has 0 atom stereocenters. The lowest BCUT2D eigenvalue weighted by Crippen LogP contribution is -2.28. The normalized spacial score (nSPS) is 13.5. The molecule has 5 nitrogen and oxygen atoms in total. The van der Waals surface area contributed by atoms with E-state index in [1.165, 1.54) is 23.9 Å². The standard InChI is InChI=1S/C32H25Cl2FN2O3S2/c33-27-18-30(41-32(27)34)42(39,40)36-29(38)15-14-23-16-24(35)17-26-25-8-4-5-9-28(25)37(31(23)26)19-20-10-12-22(13-11-20)21-6-2-1-3-7-21/h1-3,6-7,10-18H,4-5,8-9,19H2,(H,36,38)/b15-14+. The molecule has 0 fully saturated rings. The first kappa shape index (κ1) is 28.7. The average molecular weight is 640 g/mol. The highest BCUT2D eigenvalue weighted by molar-refractivity contribution is 7.92. The van der Waals surface area contributed by atoms with Gasteiger partial charge in [0.15, 0.2) is 0 Å². The number of sulfonamides is 1. The van der Waals surface area contributed by atoms with Crippen LogP contribution in [0.3, 0.4) is 0 Å². The van der Waals surface area contributed by atoms with E-state index in [0.717, 1.165) is 76.3 Å². The van der Waals surface area contributed by atoms with E-state index in [0.29, 0.717) is 12.1 Å². The van der Waals surface area contributed by atoms with Crippen molar-refractivity contribution in [3.05, 3.63) is 116 Å². The number of hydrogen-bond acceptors (Lipinski definition) is 4. The molecule has 3 aromatic carbocycles. The molecule has 0 bridgehead atoms. The highest BCUT2D eigenvalue weighted by Crippen LogP contribution is 2.36. The van der Waals surface area contributed by atoms with E-state index < -0.39 is 21.7 Å². The van der Waals surface area contributed by atoms with Crippen molar-refractivity contribution in [1.82, 2.24) is 9.29 Å². The quantitative estimate of drug-likeness (QED) is 0.182. The van der Waals surface area contributed by atoms with Crippen LogP contribution < -0.4 is 4.72 Å². The number of aryl methyl sites for hydroxylation is 1. The van der Waals surface area contributed by atoms with Crippen LogP contribution in [0.15, 0.2) is 83.1 Å². The third-order valence-corrected chi connectivity index (χ3v) is 11.1. The van der Waals surface area contributed by atoms with Gasteiger partial charge in [-0.3, -0.25) is 4.79 Å². The number of benzene rings is 3. The minimum atomic E-state index is -4.17. The summed E-state index contributed by atoms with van der Waals surface area (Å²) in [5, 5.41) is 0.910. The van der Waals surface area contributed by atoms with Crippen molar-refractivity contribution in [2.24, 2.45) is 0 Å². The Labute approximate surface area is 257 Å². The van der Waals surface area contributed by atoms with Gasteiger partial charge in [0.2, 0.25) is 0 Å². The zero-order valence-electron chi connectivity index (χ0n) is 22.2. The van der Waals surface area contributed by atoms with E-state index in [9.17, 15) is 17.6 Å². The second-order valence-corrected chi connectivity index (χ2v) is 14.1. The second-order valence-electron chi connectivity index (χ2n) is 10.2. The van der Waals surface area contributed by atoms with Gasteiger partial charge >= 0.3 is 0 Å². The Morgan fingerprint density at radius 2 is 1.69 bits per heavy atom. The summed E-state index contributed by atoms with van der Waals surface area (Å²) in [5.74, 6) is -1.29. The molecule has 5 aromatic rings. The second kappa shape index (κ2) is 11.7. The van der Waals surface area contributed by atoms with Crippen LogP contribution in [0.25, 0.3) is 28.1 Å². The van der Waals surface area contributed by atoms with Gasteiger partial charge in [0, 0.05) is 29.3 Å². The molecule has 6 rings (SSSR count). The Kier molecular flexibility index (Phi) is 7.98. The minimum Gasteiger partial charge on any atom is -0.339 e. The number of nitrogens with zero attached hydrogens (tertiary/aromatic N) is 1. The molecule has 0 radical (unpaired) electrons. The highest BCUT2D eigenvalue weighted by Gasteiger charge is 2.24. The van der Waals surface area contributed by atoms with Gasteiger partial charge < -0.3 is 4.57 Å². The van der Waals surface area contributed by atoms with E-state index >= 15 is 0 Å². The van der Waals surface area contributed by atoms with Crippen LogP contribution >= 0.6 is 34.5 Å². The first-order valence-electron chi connectivity index (χ1n) is 13.4. The van der Waals surface area contributed by atoms with Gasteiger partial charge in [-0.05, 0) is 72.2 Å². The molecule has 1 aliphatic rings. The van der Waals surface area contributed by atoms with Crippen LogP contribution in [0, 0.1) is 5.82 Å². The smallest absolute Gasteiger partial charge is 0.273 e. The Hall–Kier alpha value is -3.43. The summed E-state index contributed by atoms with van der Waals surface area (Å²) in [6.45, 7) is 0.577. The van der Waals surface area contributed by atoms with Gasteiger partial charge in [0.05, 0.1) is 10.5 Å². The first-order chi connectivity index (χ1) is 20.2. The van der Waals surface area contributed by atoms with Crippen molar-refractivity contribution < 1.29 is 17.6 Å². The zero-order valence-corrected chi connectivity index (χ0v) is 25.4. The summed E-state index contributed by atoms with van der Waals surface area (Å²) in [7, 11) is -4.17. The molecule has 0 saturated heterocycles. The summed E-state index contributed by atoms with van der Waals surface area (Å²) in [5.41, 5.74) is 6.97. The monoisotopic (exact) mass is 638 g/mol. The molecule has 42 heavy (non-hydrogen) atoms. The molecule has 0 aliphatic heterocycles. The third kappa shape index (κ3) is 5.77. The van der Waals surface area contributed by atoms with E-state index in [2.05, 4.69) is 41.0 Å². The van der Waals surface area contributed by atoms with Gasteiger partial charge in [-0.2, -0.15) is 0 Å². The van der Waals surface area contributed by atoms with Gasteiger partial charge in [0.25, 0.3) is 15.9 Å². The van der Waals surface area contributed by atoms with Crippen LogP contribution in [0.5, 0.6) is 0 Å². The van der Waals surface area contributed by atoms with Crippen LogP contribution in [0.2, 0.25) is 9.36 Å². The number of amides is 1. The Balaban J connectivity index is 1.35. The number of carbonyl (C=O) groups is 1. The number of fused-ring (bicyclic) bond motifs is 3. The number of halogens is 3. The Morgan fingerprint density at radius 1 is 0.976 bits per heavy atom. The molecular formula is C32H25Cl2FN2O3S2.